The molecule has 160 valence electrons. The van der Waals surface area contributed by atoms with Gasteiger partial charge in [0, 0.05) is 11.1 Å². The fraction of sp³-hybridized carbons (Fsp3) is 0.0833. The van der Waals surface area contributed by atoms with Crippen molar-refractivity contribution in [2.75, 3.05) is 4.90 Å². The third-order valence-corrected chi connectivity index (χ3v) is 5.60. The first kappa shape index (κ1) is 20.1. The second-order valence-electron chi connectivity index (χ2n) is 7.36. The van der Waals surface area contributed by atoms with Crippen LogP contribution in [-0.2, 0) is 4.79 Å². The molecule has 1 atom stereocenters. The number of halogens is 2. The molecular weight excluding hydrogens is 437 g/mol. The summed E-state index contributed by atoms with van der Waals surface area (Å²) in [5, 5.41) is 11.2. The number of benzene rings is 2. The van der Waals surface area contributed by atoms with Crippen LogP contribution in [0, 0.1) is 12.7 Å². The highest BCUT2D eigenvalue weighted by Gasteiger charge is 2.47. The number of furan rings is 2. The van der Waals surface area contributed by atoms with Gasteiger partial charge in [0.05, 0.1) is 10.6 Å². The van der Waals surface area contributed by atoms with E-state index in [1.807, 2.05) is 0 Å². The Morgan fingerprint density at radius 1 is 1.09 bits per heavy atom. The topological polar surface area (TPSA) is 83.9 Å². The van der Waals surface area contributed by atoms with Crippen molar-refractivity contribution in [2.24, 2.45) is 0 Å². The van der Waals surface area contributed by atoms with Crippen LogP contribution >= 0.6 is 11.6 Å². The molecule has 2 aromatic carbocycles. The molecule has 0 bridgehead atoms. The van der Waals surface area contributed by atoms with E-state index in [-0.39, 0.29) is 27.8 Å². The maximum Gasteiger partial charge on any atom is 0.294 e. The highest BCUT2D eigenvalue weighted by molar-refractivity contribution is 6.31. The Balaban J connectivity index is 1.66. The molecule has 5 rings (SSSR count). The SMILES string of the molecule is Cc1ccc(C2C(C(=O)c3cc4ccccc4o3)=C(O)C(=O)N2c2ccc(F)c(Cl)c2)o1. The summed E-state index contributed by atoms with van der Waals surface area (Å²) in [5.74, 6) is -2.15. The minimum atomic E-state index is -1.10. The number of rotatable bonds is 4. The Morgan fingerprint density at radius 3 is 2.56 bits per heavy atom. The Morgan fingerprint density at radius 2 is 1.88 bits per heavy atom. The van der Waals surface area contributed by atoms with Crippen molar-refractivity contribution in [3.05, 3.63) is 100 Å². The van der Waals surface area contributed by atoms with Crippen LogP contribution in [0.1, 0.15) is 28.1 Å². The van der Waals surface area contributed by atoms with Gasteiger partial charge in [-0.05, 0) is 49.4 Å². The molecule has 4 aromatic rings. The van der Waals surface area contributed by atoms with Crippen LogP contribution in [-0.4, -0.2) is 16.8 Å². The van der Waals surface area contributed by atoms with Crippen molar-refractivity contribution in [1.82, 2.24) is 0 Å². The van der Waals surface area contributed by atoms with Gasteiger partial charge in [0.25, 0.3) is 5.91 Å². The summed E-state index contributed by atoms with van der Waals surface area (Å²) in [7, 11) is 0. The third-order valence-electron chi connectivity index (χ3n) is 5.31. The van der Waals surface area contributed by atoms with E-state index < -0.39 is 29.3 Å². The lowest BCUT2D eigenvalue weighted by molar-refractivity contribution is -0.117. The average Bonchev–Trinajstić information content (AvgIpc) is 3.46. The molecule has 0 saturated carbocycles. The lowest BCUT2D eigenvalue weighted by atomic mass is 9.99. The van der Waals surface area contributed by atoms with Crippen LogP contribution in [0.3, 0.4) is 0 Å². The molecule has 1 aliphatic heterocycles. The Bertz CT molecular complexity index is 1400. The molecule has 1 N–H and O–H groups in total. The van der Waals surface area contributed by atoms with E-state index in [0.29, 0.717) is 16.7 Å². The minimum Gasteiger partial charge on any atom is -0.503 e. The maximum absolute atomic E-state index is 13.7. The Labute approximate surface area is 186 Å². The first-order chi connectivity index (χ1) is 15.3. The van der Waals surface area contributed by atoms with Gasteiger partial charge in [-0.15, -0.1) is 0 Å². The monoisotopic (exact) mass is 451 g/mol. The summed E-state index contributed by atoms with van der Waals surface area (Å²) in [5.41, 5.74) is 0.482. The molecule has 1 amide bonds. The molecule has 0 fully saturated rings. The lowest BCUT2D eigenvalue weighted by Crippen LogP contribution is -2.30. The molecule has 2 aromatic heterocycles. The van der Waals surface area contributed by atoms with E-state index in [0.717, 1.165) is 11.0 Å². The molecule has 0 saturated heterocycles. The zero-order valence-corrected chi connectivity index (χ0v) is 17.4. The zero-order valence-electron chi connectivity index (χ0n) is 16.6. The second kappa shape index (κ2) is 7.39. The number of hydrogen-bond acceptors (Lipinski definition) is 5. The van der Waals surface area contributed by atoms with Crippen molar-refractivity contribution in [2.45, 2.75) is 13.0 Å². The van der Waals surface area contributed by atoms with Gasteiger partial charge in [-0.2, -0.15) is 0 Å². The number of aliphatic hydroxyl groups excluding tert-OH is 1. The summed E-state index contributed by atoms with van der Waals surface area (Å²) in [6.45, 7) is 1.71. The van der Waals surface area contributed by atoms with Gasteiger partial charge in [-0.1, -0.05) is 29.8 Å². The molecule has 6 nitrogen and oxygen atoms in total. The predicted molar refractivity (Wildman–Crippen MR) is 115 cm³/mol. The van der Waals surface area contributed by atoms with Gasteiger partial charge in [0.1, 0.15) is 29.0 Å². The summed E-state index contributed by atoms with van der Waals surface area (Å²) < 4.78 is 25.1. The van der Waals surface area contributed by atoms with E-state index >= 15 is 0 Å². The lowest BCUT2D eigenvalue weighted by Gasteiger charge is -2.25. The first-order valence-corrected chi connectivity index (χ1v) is 10.0. The summed E-state index contributed by atoms with van der Waals surface area (Å²) in [6.07, 6.45) is 0. The van der Waals surface area contributed by atoms with Crippen LogP contribution in [0.15, 0.2) is 80.8 Å². The van der Waals surface area contributed by atoms with Gasteiger partial charge >= 0.3 is 0 Å². The van der Waals surface area contributed by atoms with Crippen LogP contribution < -0.4 is 4.90 Å². The van der Waals surface area contributed by atoms with Crippen LogP contribution in [0.2, 0.25) is 5.02 Å². The summed E-state index contributed by atoms with van der Waals surface area (Å²) in [4.78, 5) is 27.7. The fourth-order valence-electron chi connectivity index (χ4n) is 3.83. The number of nitrogens with zero attached hydrogens (tertiary/aromatic N) is 1. The van der Waals surface area contributed by atoms with Gasteiger partial charge < -0.3 is 13.9 Å². The number of hydrogen-bond donors (Lipinski definition) is 1. The van der Waals surface area contributed by atoms with Crippen molar-refractivity contribution < 1.29 is 27.9 Å². The quantitative estimate of drug-likeness (QED) is 0.390. The number of Topliss-reactive ketones (excluding diaryl/α,β-unsaturated/α-hetero) is 1. The average molecular weight is 452 g/mol. The van der Waals surface area contributed by atoms with Crippen LogP contribution in [0.25, 0.3) is 11.0 Å². The molecular formula is C24H15ClFNO5. The van der Waals surface area contributed by atoms with Gasteiger partial charge in [0.2, 0.25) is 5.78 Å². The molecule has 0 aliphatic carbocycles. The number of anilines is 1. The maximum atomic E-state index is 13.7. The van der Waals surface area contributed by atoms with E-state index in [4.69, 9.17) is 20.4 Å². The van der Waals surface area contributed by atoms with E-state index in [1.54, 1.807) is 49.4 Å². The highest BCUT2D eigenvalue weighted by Crippen LogP contribution is 2.43. The highest BCUT2D eigenvalue weighted by atomic mass is 35.5. The van der Waals surface area contributed by atoms with Crippen molar-refractivity contribution in [3.63, 3.8) is 0 Å². The molecule has 8 heteroatoms. The molecule has 0 radical (unpaired) electrons. The smallest absolute Gasteiger partial charge is 0.294 e. The van der Waals surface area contributed by atoms with Crippen LogP contribution in [0.4, 0.5) is 10.1 Å². The van der Waals surface area contributed by atoms with Gasteiger partial charge in [-0.3, -0.25) is 14.5 Å². The number of amides is 1. The van der Waals surface area contributed by atoms with E-state index in [2.05, 4.69) is 0 Å². The second-order valence-corrected chi connectivity index (χ2v) is 7.77. The summed E-state index contributed by atoms with van der Waals surface area (Å²) in [6, 6.07) is 14.5. The summed E-state index contributed by atoms with van der Waals surface area (Å²) >= 11 is 5.92. The number of fused-ring (bicyclic) bond motifs is 1. The van der Waals surface area contributed by atoms with Crippen molar-refractivity contribution in [3.8, 4) is 0 Å². The zero-order chi connectivity index (χ0) is 22.6. The number of carbonyl (C=O) groups excluding carboxylic acids is 2. The number of aryl methyl sites for hydroxylation is 1. The standard InChI is InChI=1S/C24H15ClFNO5/c1-12-6-9-18(31-12)21-20(22(28)19-10-13-4-2-3-5-17(13)32-19)23(29)24(30)27(21)14-7-8-16(26)15(25)11-14/h2-11,21,29H,1H3. The number of ketones is 1. The fourth-order valence-corrected chi connectivity index (χ4v) is 4.01. The van der Waals surface area contributed by atoms with Crippen molar-refractivity contribution in [1.29, 1.82) is 0 Å². The predicted octanol–water partition coefficient (Wildman–Crippen LogP) is 5.91. The van der Waals surface area contributed by atoms with Crippen molar-refractivity contribution >= 4 is 39.9 Å². The normalized spacial score (nSPS) is 16.4. The number of carbonyl (C=O) groups is 2. The molecule has 0 spiro atoms. The number of aliphatic hydroxyl groups is 1. The minimum absolute atomic E-state index is 0.0344. The molecule has 3 heterocycles. The van der Waals surface area contributed by atoms with Gasteiger partial charge in [0.15, 0.2) is 11.5 Å². The van der Waals surface area contributed by atoms with Gasteiger partial charge in [-0.25, -0.2) is 4.39 Å². The Kier molecular flexibility index (Phi) is 4.64. The van der Waals surface area contributed by atoms with Crippen LogP contribution in [0.5, 0.6) is 0 Å². The van der Waals surface area contributed by atoms with E-state index in [9.17, 15) is 19.1 Å². The molecule has 32 heavy (non-hydrogen) atoms. The third kappa shape index (κ3) is 3.09. The largest absolute Gasteiger partial charge is 0.503 e. The Hall–Kier alpha value is -3.84. The van der Waals surface area contributed by atoms with E-state index in [1.165, 1.54) is 12.1 Å². The first-order valence-electron chi connectivity index (χ1n) is 9.66. The molecule has 1 unspecified atom stereocenters. The molecule has 1 aliphatic rings. The number of para-hydroxylation sites is 1.